The Morgan fingerprint density at radius 1 is 1.04 bits per heavy atom. The molecule has 5 heteroatoms. The lowest BCUT2D eigenvalue weighted by Crippen LogP contribution is -3.00. The van der Waals surface area contributed by atoms with Gasteiger partial charge in [-0.3, -0.25) is 0 Å². The first kappa shape index (κ1) is 19.6. The van der Waals surface area contributed by atoms with Gasteiger partial charge in [-0.05, 0) is 30.9 Å². The third-order valence-corrected chi connectivity index (χ3v) is 7.04. The van der Waals surface area contributed by atoms with Gasteiger partial charge in [0.15, 0.2) is 9.58 Å². The number of alkyl halides is 3. The summed E-state index contributed by atoms with van der Waals surface area (Å²) in [5.41, 5.74) is -3.13. The molecule has 1 fully saturated rings. The lowest BCUT2D eigenvalue weighted by molar-refractivity contribution is -0.0868. The maximum atomic E-state index is 13.8. The Kier molecular flexibility index (Phi) is 6.60. The molecule has 1 aromatic heterocycles. The summed E-state index contributed by atoms with van der Waals surface area (Å²) in [6.45, 7) is 2.06. The van der Waals surface area contributed by atoms with Crippen molar-refractivity contribution in [2.45, 2.75) is 69.7 Å². The zero-order chi connectivity index (χ0) is 16.4. The van der Waals surface area contributed by atoms with Gasteiger partial charge in [0.25, 0.3) is 0 Å². The minimum Gasteiger partial charge on any atom is -1.00 e. The molecular weight excluding hydrogens is 353 g/mol. The largest absolute Gasteiger partial charge is 1.00 e. The zero-order valence-electron chi connectivity index (χ0n) is 14.0. The Balaban J connectivity index is 0.00000208. The molecule has 134 valence electrons. The third kappa shape index (κ3) is 4.08. The van der Waals surface area contributed by atoms with E-state index in [0.717, 1.165) is 62.3 Å². The van der Waals surface area contributed by atoms with Crippen molar-refractivity contribution in [2.24, 2.45) is 0 Å². The van der Waals surface area contributed by atoms with Crippen LogP contribution in [0.3, 0.4) is 0 Å². The normalized spacial score (nSPS) is 17.6. The first-order valence-corrected chi connectivity index (χ1v) is 9.89. The summed E-state index contributed by atoms with van der Waals surface area (Å²) in [7, 11) is -1.72. The molecule has 3 rings (SSSR count). The fraction of sp³-hybridized carbons (Fsp3) is 0.579. The zero-order valence-corrected chi connectivity index (χ0v) is 15.5. The molecule has 0 spiro atoms. The van der Waals surface area contributed by atoms with Gasteiger partial charge in [0.05, 0.1) is 10.5 Å². The van der Waals surface area contributed by atoms with E-state index < -0.39 is 16.0 Å². The molecule has 1 atom stereocenters. The summed E-state index contributed by atoms with van der Waals surface area (Å²) in [5, 5.41) is 0.796. The Hall–Kier alpha value is -0.740. The molecule has 0 radical (unpaired) electrons. The van der Waals surface area contributed by atoms with Crippen LogP contribution in [0, 0.1) is 0 Å². The van der Waals surface area contributed by atoms with Gasteiger partial charge in [0.2, 0.25) is 0 Å². The summed E-state index contributed by atoms with van der Waals surface area (Å²) >= 11 is 0. The molecule has 1 aromatic carbocycles. The Bertz CT molecular complexity index is 667. The second kappa shape index (κ2) is 8.09. The van der Waals surface area contributed by atoms with Crippen LogP contribution in [-0.2, 0) is 11.9 Å². The number of halogens is 4. The summed E-state index contributed by atoms with van der Waals surface area (Å²) in [6, 6.07) is 7.57. The first-order chi connectivity index (χ1) is 11.0. The fourth-order valence-electron chi connectivity index (χ4n) is 3.76. The van der Waals surface area contributed by atoms with E-state index in [1.807, 2.05) is 24.3 Å². The number of benzene rings is 1. The fourth-order valence-corrected chi connectivity index (χ4v) is 5.98. The molecule has 24 heavy (non-hydrogen) atoms. The molecule has 0 saturated heterocycles. The molecule has 1 heterocycles. The van der Waals surface area contributed by atoms with Crippen LogP contribution in [-0.4, -0.2) is 0 Å². The smallest absolute Gasteiger partial charge is 0.600 e. The molecule has 0 nitrogen and oxygen atoms in total. The molecule has 0 aliphatic heterocycles. The number of hydrogen-bond donors (Lipinski definition) is 0. The van der Waals surface area contributed by atoms with Crippen molar-refractivity contribution < 1.29 is 25.6 Å². The molecule has 0 bridgehead atoms. The van der Waals surface area contributed by atoms with Gasteiger partial charge in [-0.2, -0.15) is 0 Å². The third-order valence-electron chi connectivity index (χ3n) is 4.86. The Morgan fingerprint density at radius 3 is 2.29 bits per heavy atom. The van der Waals surface area contributed by atoms with Crippen molar-refractivity contribution >= 4 is 20.6 Å². The number of fused-ring (bicyclic) bond motifs is 1. The minimum absolute atomic E-state index is 0. The second-order valence-electron chi connectivity index (χ2n) is 6.61. The number of rotatable bonds is 3. The Labute approximate surface area is 150 Å². The average molecular weight is 377 g/mol. The quantitative estimate of drug-likeness (QED) is 0.548. The van der Waals surface area contributed by atoms with Crippen LogP contribution in [0.5, 0.6) is 0 Å². The van der Waals surface area contributed by atoms with E-state index in [2.05, 4.69) is 6.92 Å². The van der Waals surface area contributed by atoms with Gasteiger partial charge in [-0.1, -0.05) is 45.1 Å². The van der Waals surface area contributed by atoms with E-state index >= 15 is 0 Å². The second-order valence-corrected chi connectivity index (χ2v) is 8.60. The molecular formula is C19H24ClF3S. The molecule has 2 aromatic rings. The summed E-state index contributed by atoms with van der Waals surface area (Å²) < 4.78 is 42.0. The number of thiophene rings is 1. The predicted octanol–water partition coefficient (Wildman–Crippen LogP) is 4.46. The lowest BCUT2D eigenvalue weighted by atomic mass is 9.98. The maximum absolute atomic E-state index is 13.8. The summed E-state index contributed by atoms with van der Waals surface area (Å²) in [5.74, 6) is 0.115. The lowest BCUT2D eigenvalue weighted by Gasteiger charge is -2.10. The molecule has 1 aliphatic rings. The van der Waals surface area contributed by atoms with Gasteiger partial charge in [-0.25, -0.2) is 0 Å². The van der Waals surface area contributed by atoms with Crippen molar-refractivity contribution in [1.82, 2.24) is 0 Å². The molecule has 0 N–H and O–H groups in total. The number of hydrogen-bond acceptors (Lipinski definition) is 0. The SMILES string of the molecule is CCCc1ccc2cc(C3CCCCCC3)[s+](C(F)(F)F)c2c1.[Cl-]. The highest BCUT2D eigenvalue weighted by Gasteiger charge is 2.49. The van der Waals surface area contributed by atoms with E-state index in [4.69, 9.17) is 0 Å². The van der Waals surface area contributed by atoms with Crippen LogP contribution >= 0.6 is 10.5 Å². The van der Waals surface area contributed by atoms with Crippen LogP contribution in [0.2, 0.25) is 0 Å². The van der Waals surface area contributed by atoms with E-state index in [0.29, 0.717) is 9.58 Å². The van der Waals surface area contributed by atoms with Crippen molar-refractivity contribution in [1.29, 1.82) is 0 Å². The van der Waals surface area contributed by atoms with Crippen LogP contribution in [0.4, 0.5) is 13.2 Å². The first-order valence-electron chi connectivity index (χ1n) is 8.66. The van der Waals surface area contributed by atoms with E-state index in [1.165, 1.54) is 0 Å². The monoisotopic (exact) mass is 376 g/mol. The molecule has 0 amide bonds. The summed E-state index contributed by atoms with van der Waals surface area (Å²) in [6.07, 6.45) is 8.10. The van der Waals surface area contributed by atoms with Crippen molar-refractivity contribution in [3.8, 4) is 0 Å². The summed E-state index contributed by atoms with van der Waals surface area (Å²) in [4.78, 5) is 0.656. The van der Waals surface area contributed by atoms with Gasteiger partial charge >= 0.3 is 5.51 Å². The molecule has 1 saturated carbocycles. The van der Waals surface area contributed by atoms with E-state index in [1.54, 1.807) is 0 Å². The van der Waals surface area contributed by atoms with E-state index in [-0.39, 0.29) is 18.3 Å². The predicted molar refractivity (Wildman–Crippen MR) is 92.2 cm³/mol. The van der Waals surface area contributed by atoms with Crippen LogP contribution < -0.4 is 12.4 Å². The number of aryl methyl sites for hydroxylation is 1. The van der Waals surface area contributed by atoms with Crippen molar-refractivity contribution in [3.63, 3.8) is 0 Å². The van der Waals surface area contributed by atoms with Gasteiger partial charge < -0.3 is 12.4 Å². The standard InChI is InChI=1S/C19H24F3S.ClH/c1-2-7-14-10-11-16-13-18(15-8-5-3-4-6-9-15)23(17(16)12-14)19(20,21)22;/h10-13,15H,2-9H2,1H3;1H/q+1;/p-1. The molecule has 1 aliphatic carbocycles. The van der Waals surface area contributed by atoms with E-state index in [9.17, 15) is 13.2 Å². The highest BCUT2D eigenvalue weighted by atomic mass is 35.5. The van der Waals surface area contributed by atoms with Crippen LogP contribution in [0.25, 0.3) is 10.1 Å². The highest BCUT2D eigenvalue weighted by molar-refractivity contribution is 7.38. The highest BCUT2D eigenvalue weighted by Crippen LogP contribution is 2.54. The van der Waals surface area contributed by atoms with Crippen LogP contribution in [0.15, 0.2) is 24.3 Å². The molecule has 1 unspecified atom stereocenters. The van der Waals surface area contributed by atoms with Crippen molar-refractivity contribution in [2.75, 3.05) is 0 Å². The Morgan fingerprint density at radius 2 is 1.71 bits per heavy atom. The van der Waals surface area contributed by atoms with Gasteiger partial charge in [0, 0.05) is 23.4 Å². The topological polar surface area (TPSA) is 0 Å². The average Bonchev–Trinajstić information content (AvgIpc) is 2.68. The minimum atomic E-state index is -4.16. The maximum Gasteiger partial charge on any atom is 0.600 e. The van der Waals surface area contributed by atoms with Crippen molar-refractivity contribution in [3.05, 3.63) is 34.7 Å². The van der Waals surface area contributed by atoms with Gasteiger partial charge in [0.1, 0.15) is 0 Å². The van der Waals surface area contributed by atoms with Crippen LogP contribution in [0.1, 0.15) is 68.2 Å². The van der Waals surface area contributed by atoms with Gasteiger partial charge in [-0.15, -0.1) is 13.2 Å².